The average Bonchev–Trinajstić information content (AvgIpc) is 3.02. The molecule has 0 bridgehead atoms. The zero-order chi connectivity index (χ0) is 14.1. The number of fused-ring (bicyclic) bond motifs is 1. The Kier molecular flexibility index (Phi) is 5.75. The highest BCUT2D eigenvalue weighted by Crippen LogP contribution is 2.30. The van der Waals surface area contributed by atoms with Gasteiger partial charge in [0.25, 0.3) is 5.82 Å². The summed E-state index contributed by atoms with van der Waals surface area (Å²) in [5.41, 5.74) is 2.41. The fourth-order valence-corrected chi connectivity index (χ4v) is 3.22. The number of halogens is 3. The smallest absolute Gasteiger partial charge is 0.257 e. The van der Waals surface area contributed by atoms with Crippen molar-refractivity contribution < 1.29 is 21.5 Å². The van der Waals surface area contributed by atoms with Gasteiger partial charge in [0.2, 0.25) is 0 Å². The van der Waals surface area contributed by atoms with E-state index in [4.69, 9.17) is 23.2 Å². The number of hydrogen-bond donors (Lipinski definition) is 0. The third kappa shape index (κ3) is 3.30. The first kappa shape index (κ1) is 16.9. The van der Waals surface area contributed by atoms with E-state index in [-0.39, 0.29) is 17.0 Å². The monoisotopic (exact) mass is 388 g/mol. The Bertz CT molecular complexity index is 637. The van der Waals surface area contributed by atoms with Gasteiger partial charge < -0.3 is 17.0 Å². The molecule has 1 aliphatic rings. The fraction of sp³-hybridized carbons (Fsp3) is 0.438. The molecule has 1 aromatic heterocycles. The van der Waals surface area contributed by atoms with Gasteiger partial charge in [0.05, 0.1) is 29.6 Å². The molecule has 114 valence electrons. The van der Waals surface area contributed by atoms with Crippen LogP contribution in [0.1, 0.15) is 32.0 Å². The number of aromatic nitrogens is 2. The van der Waals surface area contributed by atoms with Gasteiger partial charge in [-0.2, -0.15) is 0 Å². The summed E-state index contributed by atoms with van der Waals surface area (Å²) in [5, 5.41) is 1.24. The van der Waals surface area contributed by atoms with Gasteiger partial charge in [-0.1, -0.05) is 36.5 Å². The molecule has 0 aliphatic carbocycles. The van der Waals surface area contributed by atoms with Gasteiger partial charge in [-0.15, -0.1) is 0 Å². The van der Waals surface area contributed by atoms with E-state index >= 15 is 0 Å². The second kappa shape index (κ2) is 7.17. The third-order valence-corrected chi connectivity index (χ3v) is 4.70. The van der Waals surface area contributed by atoms with Crippen LogP contribution in [0.4, 0.5) is 0 Å². The summed E-state index contributed by atoms with van der Waals surface area (Å²) in [7, 11) is 0. The van der Waals surface area contributed by atoms with Crippen LogP contribution in [-0.2, 0) is 19.5 Å². The Labute approximate surface area is 146 Å². The fourth-order valence-electron chi connectivity index (χ4n) is 2.92. The van der Waals surface area contributed by atoms with Gasteiger partial charge in [-0.05, 0) is 31.0 Å². The predicted molar refractivity (Wildman–Crippen MR) is 83.3 cm³/mol. The molecule has 0 amide bonds. The maximum atomic E-state index is 6.16. The van der Waals surface area contributed by atoms with Crippen LogP contribution in [-0.4, -0.2) is 4.57 Å². The van der Waals surface area contributed by atoms with E-state index in [1.165, 1.54) is 37.2 Å². The number of hydrogen-bond acceptors (Lipinski definition) is 0. The first-order valence-electron chi connectivity index (χ1n) is 7.28. The van der Waals surface area contributed by atoms with E-state index in [1.54, 1.807) is 0 Å². The van der Waals surface area contributed by atoms with Crippen LogP contribution < -0.4 is 21.5 Å². The molecule has 0 saturated heterocycles. The summed E-state index contributed by atoms with van der Waals surface area (Å²) in [6, 6.07) is 5.90. The van der Waals surface area contributed by atoms with Crippen LogP contribution in [0.5, 0.6) is 0 Å². The lowest BCUT2D eigenvalue weighted by molar-refractivity contribution is -0.703. The van der Waals surface area contributed by atoms with Crippen molar-refractivity contribution in [1.82, 2.24) is 4.57 Å². The molecule has 2 heterocycles. The molecule has 0 unspecified atom stereocenters. The number of benzene rings is 1. The highest BCUT2D eigenvalue weighted by atomic mass is 79.9. The molecule has 2 nitrogen and oxygen atoms in total. The molecular formula is C16H19BrCl2N2. The number of imidazole rings is 1. The van der Waals surface area contributed by atoms with Gasteiger partial charge in [0.1, 0.15) is 6.20 Å². The van der Waals surface area contributed by atoms with Crippen molar-refractivity contribution in [2.24, 2.45) is 0 Å². The van der Waals surface area contributed by atoms with Gasteiger partial charge in [-0.3, -0.25) is 0 Å². The molecule has 0 spiro atoms. The van der Waals surface area contributed by atoms with Crippen molar-refractivity contribution in [3.63, 3.8) is 0 Å². The first-order chi connectivity index (χ1) is 9.70. The minimum absolute atomic E-state index is 0. The predicted octanol–water partition coefficient (Wildman–Crippen LogP) is 1.50. The van der Waals surface area contributed by atoms with Crippen LogP contribution in [0.25, 0.3) is 11.3 Å². The van der Waals surface area contributed by atoms with Crippen LogP contribution in [0.2, 0.25) is 10.0 Å². The SMILES string of the molecule is CCCC[n+]1cc(-c2ccc(Cl)c(Cl)c2)n2c1CCC2.[Br-]. The van der Waals surface area contributed by atoms with E-state index in [2.05, 4.69) is 28.3 Å². The highest BCUT2D eigenvalue weighted by Gasteiger charge is 2.28. The second-order valence-corrected chi connectivity index (χ2v) is 6.18. The number of nitrogens with zero attached hydrogens (tertiary/aromatic N) is 2. The molecule has 0 atom stereocenters. The molecule has 0 N–H and O–H groups in total. The Morgan fingerprint density at radius 3 is 2.76 bits per heavy atom. The molecule has 0 fully saturated rings. The van der Waals surface area contributed by atoms with Crippen molar-refractivity contribution in [2.45, 2.75) is 45.7 Å². The minimum atomic E-state index is 0. The minimum Gasteiger partial charge on any atom is -1.00 e. The number of aryl methyl sites for hydroxylation is 1. The summed E-state index contributed by atoms with van der Waals surface area (Å²) in [5.74, 6) is 1.44. The van der Waals surface area contributed by atoms with Gasteiger partial charge in [0.15, 0.2) is 5.69 Å². The highest BCUT2D eigenvalue weighted by molar-refractivity contribution is 6.42. The average molecular weight is 390 g/mol. The molecule has 2 aromatic rings. The Morgan fingerprint density at radius 1 is 1.24 bits per heavy atom. The molecule has 0 radical (unpaired) electrons. The Balaban J connectivity index is 0.00000161. The standard InChI is InChI=1S/C16H19Cl2N2.BrH/c1-2-3-8-19-11-15(20-9-4-5-16(19)20)12-6-7-13(17)14(18)10-12;/h6-7,10-11H,2-5,8-9H2,1H3;1H/q+1;/p-1. The summed E-state index contributed by atoms with van der Waals surface area (Å²) < 4.78 is 4.84. The normalized spacial score (nSPS) is 13.1. The van der Waals surface area contributed by atoms with Gasteiger partial charge in [-0.25, -0.2) is 9.13 Å². The molecule has 1 aliphatic heterocycles. The molecule has 21 heavy (non-hydrogen) atoms. The van der Waals surface area contributed by atoms with E-state index in [0.717, 1.165) is 18.7 Å². The van der Waals surface area contributed by atoms with Gasteiger partial charge >= 0.3 is 0 Å². The zero-order valence-corrected chi connectivity index (χ0v) is 15.2. The van der Waals surface area contributed by atoms with E-state index in [0.29, 0.717) is 10.0 Å². The lowest BCUT2D eigenvalue weighted by Crippen LogP contribution is -3.00. The number of rotatable bonds is 4. The van der Waals surface area contributed by atoms with Crippen molar-refractivity contribution in [3.8, 4) is 11.3 Å². The van der Waals surface area contributed by atoms with E-state index in [1.807, 2.05) is 12.1 Å². The second-order valence-electron chi connectivity index (χ2n) is 5.36. The summed E-state index contributed by atoms with van der Waals surface area (Å²) >= 11 is 12.2. The summed E-state index contributed by atoms with van der Waals surface area (Å²) in [6.07, 6.45) is 7.12. The topological polar surface area (TPSA) is 8.81 Å². The lowest BCUT2D eigenvalue weighted by Gasteiger charge is -2.01. The van der Waals surface area contributed by atoms with Gasteiger partial charge in [0, 0.05) is 5.56 Å². The zero-order valence-electron chi connectivity index (χ0n) is 12.1. The van der Waals surface area contributed by atoms with Crippen LogP contribution in [0, 0.1) is 0 Å². The molecule has 5 heteroatoms. The molecular weight excluding hydrogens is 371 g/mol. The van der Waals surface area contributed by atoms with Crippen LogP contribution in [0.15, 0.2) is 24.4 Å². The van der Waals surface area contributed by atoms with Crippen molar-refractivity contribution in [1.29, 1.82) is 0 Å². The maximum Gasteiger partial charge on any atom is 0.257 e. The van der Waals surface area contributed by atoms with Crippen LogP contribution >= 0.6 is 23.2 Å². The number of unbranched alkanes of at least 4 members (excludes halogenated alkanes) is 1. The maximum absolute atomic E-state index is 6.16. The Hall–Kier alpha value is -0.510. The molecule has 0 saturated carbocycles. The van der Waals surface area contributed by atoms with Crippen molar-refractivity contribution in [3.05, 3.63) is 40.3 Å². The lowest BCUT2D eigenvalue weighted by atomic mass is 10.1. The molecule has 3 rings (SSSR count). The summed E-state index contributed by atoms with van der Waals surface area (Å²) in [6.45, 7) is 4.44. The largest absolute Gasteiger partial charge is 1.00 e. The first-order valence-corrected chi connectivity index (χ1v) is 8.03. The molecule has 1 aromatic carbocycles. The Morgan fingerprint density at radius 2 is 2.05 bits per heavy atom. The van der Waals surface area contributed by atoms with Crippen molar-refractivity contribution in [2.75, 3.05) is 0 Å². The quantitative estimate of drug-likeness (QED) is 0.700. The van der Waals surface area contributed by atoms with Crippen LogP contribution in [0.3, 0.4) is 0 Å². The van der Waals surface area contributed by atoms with E-state index in [9.17, 15) is 0 Å². The third-order valence-electron chi connectivity index (χ3n) is 3.96. The van der Waals surface area contributed by atoms with Crippen molar-refractivity contribution >= 4 is 23.2 Å². The van der Waals surface area contributed by atoms with E-state index < -0.39 is 0 Å². The summed E-state index contributed by atoms with van der Waals surface area (Å²) in [4.78, 5) is 0.